The molecule has 0 atom stereocenters. The number of hydrogen-bond acceptors (Lipinski definition) is 4. The predicted octanol–water partition coefficient (Wildman–Crippen LogP) is 1.27. The van der Waals surface area contributed by atoms with Crippen LogP contribution in [-0.4, -0.2) is 20.0 Å². The summed E-state index contributed by atoms with van der Waals surface area (Å²) in [5.74, 6) is 0. The van der Waals surface area contributed by atoms with Crippen molar-refractivity contribution in [3.8, 4) is 5.69 Å². The third-order valence-electron chi connectivity index (χ3n) is 2.64. The minimum absolute atomic E-state index is 0.379. The van der Waals surface area contributed by atoms with Gasteiger partial charge in [-0.25, -0.2) is 4.68 Å². The van der Waals surface area contributed by atoms with Crippen molar-refractivity contribution >= 4 is 11.0 Å². The van der Waals surface area contributed by atoms with E-state index in [0.717, 1.165) is 22.4 Å². The van der Waals surface area contributed by atoms with Gasteiger partial charge in [-0.2, -0.15) is 0 Å². The van der Waals surface area contributed by atoms with Gasteiger partial charge in [-0.3, -0.25) is 4.98 Å². The normalized spacial score (nSPS) is 10.9. The highest BCUT2D eigenvalue weighted by Crippen LogP contribution is 2.17. The lowest BCUT2D eigenvalue weighted by molar-refractivity contribution is 0.800. The molecule has 3 aromatic rings. The molecular weight excluding hydrogens is 214 g/mol. The van der Waals surface area contributed by atoms with Crippen molar-refractivity contribution in [2.45, 2.75) is 6.54 Å². The largest absolute Gasteiger partial charge is 0.325 e. The molecular formula is C12H11N5. The molecule has 0 radical (unpaired) electrons. The summed E-state index contributed by atoms with van der Waals surface area (Å²) in [5, 5.41) is 8.26. The van der Waals surface area contributed by atoms with Crippen LogP contribution in [0.3, 0.4) is 0 Å². The van der Waals surface area contributed by atoms with Crippen LogP contribution < -0.4 is 5.73 Å². The zero-order valence-corrected chi connectivity index (χ0v) is 9.11. The standard InChI is InChI=1S/C12H11N5/c13-8-10-12(6-3-7-14-10)17-11-5-2-1-4-9(11)15-16-17/h1-7H,8,13H2. The van der Waals surface area contributed by atoms with Crippen LogP contribution in [0.15, 0.2) is 42.6 Å². The first-order valence-corrected chi connectivity index (χ1v) is 5.35. The minimum atomic E-state index is 0.379. The maximum Gasteiger partial charge on any atom is 0.113 e. The monoisotopic (exact) mass is 225 g/mol. The second kappa shape index (κ2) is 3.95. The molecule has 0 saturated carbocycles. The molecule has 0 fully saturated rings. The van der Waals surface area contributed by atoms with Gasteiger partial charge >= 0.3 is 0 Å². The molecule has 0 bridgehead atoms. The fourth-order valence-electron chi connectivity index (χ4n) is 1.83. The molecule has 0 saturated heterocycles. The molecule has 0 aliphatic carbocycles. The van der Waals surface area contributed by atoms with Gasteiger partial charge in [-0.05, 0) is 24.3 Å². The molecule has 0 aliphatic heterocycles. The van der Waals surface area contributed by atoms with Crippen LogP contribution in [0, 0.1) is 0 Å². The van der Waals surface area contributed by atoms with E-state index < -0.39 is 0 Å². The first-order valence-electron chi connectivity index (χ1n) is 5.35. The van der Waals surface area contributed by atoms with Gasteiger partial charge in [0.15, 0.2) is 0 Å². The Morgan fingerprint density at radius 2 is 2.00 bits per heavy atom. The maximum atomic E-state index is 5.68. The smallest absolute Gasteiger partial charge is 0.113 e. The zero-order valence-electron chi connectivity index (χ0n) is 9.11. The summed E-state index contributed by atoms with van der Waals surface area (Å²) in [5.41, 5.74) is 9.18. The fraction of sp³-hybridized carbons (Fsp3) is 0.0833. The summed E-state index contributed by atoms with van der Waals surface area (Å²) in [4.78, 5) is 4.25. The van der Waals surface area contributed by atoms with E-state index in [9.17, 15) is 0 Å². The lowest BCUT2D eigenvalue weighted by Gasteiger charge is -2.06. The van der Waals surface area contributed by atoms with Gasteiger partial charge in [-0.15, -0.1) is 5.10 Å². The van der Waals surface area contributed by atoms with Gasteiger partial charge in [0.25, 0.3) is 0 Å². The van der Waals surface area contributed by atoms with E-state index in [2.05, 4.69) is 15.3 Å². The summed E-state index contributed by atoms with van der Waals surface area (Å²) >= 11 is 0. The van der Waals surface area contributed by atoms with Crippen LogP contribution >= 0.6 is 0 Å². The summed E-state index contributed by atoms with van der Waals surface area (Å²) < 4.78 is 1.77. The predicted molar refractivity (Wildman–Crippen MR) is 64.6 cm³/mol. The van der Waals surface area contributed by atoms with Gasteiger partial charge in [-0.1, -0.05) is 17.3 Å². The van der Waals surface area contributed by atoms with Crippen molar-refractivity contribution in [1.82, 2.24) is 20.0 Å². The minimum Gasteiger partial charge on any atom is -0.325 e. The van der Waals surface area contributed by atoms with Crippen LogP contribution in [0.25, 0.3) is 16.7 Å². The molecule has 2 N–H and O–H groups in total. The highest BCUT2D eigenvalue weighted by molar-refractivity contribution is 5.76. The average Bonchev–Trinajstić information content (AvgIpc) is 2.82. The summed E-state index contributed by atoms with van der Waals surface area (Å²) in [6.45, 7) is 0.379. The summed E-state index contributed by atoms with van der Waals surface area (Å²) in [7, 11) is 0. The topological polar surface area (TPSA) is 69.6 Å². The number of fused-ring (bicyclic) bond motifs is 1. The molecule has 2 heterocycles. The van der Waals surface area contributed by atoms with E-state index in [0.29, 0.717) is 6.54 Å². The molecule has 0 spiro atoms. The molecule has 0 unspecified atom stereocenters. The van der Waals surface area contributed by atoms with Gasteiger partial charge < -0.3 is 5.73 Å². The van der Waals surface area contributed by atoms with Gasteiger partial charge in [0.05, 0.1) is 16.9 Å². The molecule has 1 aromatic carbocycles. The van der Waals surface area contributed by atoms with Crippen LogP contribution in [0.5, 0.6) is 0 Å². The Morgan fingerprint density at radius 1 is 1.12 bits per heavy atom. The van der Waals surface area contributed by atoms with Gasteiger partial charge in [0.1, 0.15) is 5.52 Å². The van der Waals surface area contributed by atoms with Gasteiger partial charge in [0, 0.05) is 12.7 Å². The van der Waals surface area contributed by atoms with Crippen LogP contribution in [0.2, 0.25) is 0 Å². The van der Waals surface area contributed by atoms with E-state index in [1.807, 2.05) is 36.4 Å². The number of aromatic nitrogens is 4. The number of hydrogen-bond donors (Lipinski definition) is 1. The summed E-state index contributed by atoms with van der Waals surface area (Å²) in [6, 6.07) is 11.6. The number of para-hydroxylation sites is 1. The number of benzene rings is 1. The Morgan fingerprint density at radius 3 is 2.88 bits per heavy atom. The van der Waals surface area contributed by atoms with Crippen molar-refractivity contribution in [2.24, 2.45) is 5.73 Å². The third-order valence-corrected chi connectivity index (χ3v) is 2.64. The highest BCUT2D eigenvalue weighted by Gasteiger charge is 2.09. The summed E-state index contributed by atoms with van der Waals surface area (Å²) in [6.07, 6.45) is 1.73. The lowest BCUT2D eigenvalue weighted by Crippen LogP contribution is -2.07. The zero-order chi connectivity index (χ0) is 11.7. The second-order valence-electron chi connectivity index (χ2n) is 3.66. The number of pyridine rings is 1. The molecule has 2 aromatic heterocycles. The molecule has 0 aliphatic rings. The Hall–Kier alpha value is -2.27. The lowest BCUT2D eigenvalue weighted by atomic mass is 10.2. The van der Waals surface area contributed by atoms with Crippen LogP contribution in [-0.2, 0) is 6.54 Å². The van der Waals surface area contributed by atoms with Crippen molar-refractivity contribution in [1.29, 1.82) is 0 Å². The highest BCUT2D eigenvalue weighted by atomic mass is 15.4. The second-order valence-corrected chi connectivity index (χ2v) is 3.66. The first-order chi connectivity index (χ1) is 8.40. The van der Waals surface area contributed by atoms with E-state index >= 15 is 0 Å². The van der Waals surface area contributed by atoms with Crippen molar-refractivity contribution in [3.63, 3.8) is 0 Å². The molecule has 84 valence electrons. The Kier molecular flexibility index (Phi) is 2.31. The Balaban J connectivity index is 2.27. The Labute approximate surface area is 97.9 Å². The molecule has 5 nitrogen and oxygen atoms in total. The van der Waals surface area contributed by atoms with Crippen LogP contribution in [0.4, 0.5) is 0 Å². The fourth-order valence-corrected chi connectivity index (χ4v) is 1.83. The number of rotatable bonds is 2. The van der Waals surface area contributed by atoms with E-state index in [1.165, 1.54) is 0 Å². The van der Waals surface area contributed by atoms with E-state index in [4.69, 9.17) is 5.73 Å². The molecule has 5 heteroatoms. The number of nitrogens with two attached hydrogens (primary N) is 1. The maximum absolute atomic E-state index is 5.68. The Bertz CT molecular complexity index is 659. The average molecular weight is 225 g/mol. The van der Waals surface area contributed by atoms with Gasteiger partial charge in [0.2, 0.25) is 0 Å². The molecule has 0 amide bonds. The SMILES string of the molecule is NCc1ncccc1-n1nnc2ccccc21. The van der Waals surface area contributed by atoms with Crippen molar-refractivity contribution in [2.75, 3.05) is 0 Å². The quantitative estimate of drug-likeness (QED) is 0.713. The van der Waals surface area contributed by atoms with Crippen molar-refractivity contribution in [3.05, 3.63) is 48.3 Å². The number of nitrogens with zero attached hydrogens (tertiary/aromatic N) is 4. The van der Waals surface area contributed by atoms with Crippen molar-refractivity contribution < 1.29 is 0 Å². The van der Waals surface area contributed by atoms with Crippen LogP contribution in [0.1, 0.15) is 5.69 Å². The first kappa shape index (κ1) is 9.92. The molecule has 17 heavy (non-hydrogen) atoms. The molecule has 3 rings (SSSR count). The van der Waals surface area contributed by atoms with E-state index in [1.54, 1.807) is 10.9 Å². The third kappa shape index (κ3) is 1.57. The van der Waals surface area contributed by atoms with E-state index in [-0.39, 0.29) is 0 Å².